The Bertz CT molecular complexity index is 1270. The number of hydrogen-bond donors (Lipinski definition) is 2. The molecule has 1 aliphatic heterocycles. The second-order valence-electron chi connectivity index (χ2n) is 8.72. The number of hydrogen-bond acceptors (Lipinski definition) is 4. The van der Waals surface area contributed by atoms with E-state index in [9.17, 15) is 9.59 Å². The van der Waals surface area contributed by atoms with Crippen LogP contribution >= 0.6 is 23.8 Å². The first-order valence-corrected chi connectivity index (χ1v) is 12.7. The maximum atomic E-state index is 12.9. The Morgan fingerprint density at radius 1 is 0.972 bits per heavy atom. The molecular formula is C28H29ClN4O2S. The van der Waals surface area contributed by atoms with Gasteiger partial charge >= 0.3 is 0 Å². The monoisotopic (exact) mass is 520 g/mol. The van der Waals surface area contributed by atoms with Gasteiger partial charge in [-0.25, -0.2) is 0 Å². The van der Waals surface area contributed by atoms with Crippen LogP contribution in [0.5, 0.6) is 0 Å². The number of thiocarbonyl (C=S) groups is 1. The third-order valence-electron chi connectivity index (χ3n) is 6.34. The van der Waals surface area contributed by atoms with Crippen molar-refractivity contribution in [1.29, 1.82) is 0 Å². The fourth-order valence-electron chi connectivity index (χ4n) is 4.20. The second kappa shape index (κ2) is 11.5. The van der Waals surface area contributed by atoms with Gasteiger partial charge in [-0.2, -0.15) is 0 Å². The Morgan fingerprint density at radius 2 is 1.67 bits per heavy atom. The highest BCUT2D eigenvalue weighted by Crippen LogP contribution is 2.30. The van der Waals surface area contributed by atoms with Crippen molar-refractivity contribution < 1.29 is 9.59 Å². The molecule has 0 radical (unpaired) electrons. The quantitative estimate of drug-likeness (QED) is 0.447. The Labute approximate surface area is 222 Å². The van der Waals surface area contributed by atoms with Gasteiger partial charge in [0, 0.05) is 43.0 Å². The van der Waals surface area contributed by atoms with E-state index in [0.29, 0.717) is 42.5 Å². The van der Waals surface area contributed by atoms with Gasteiger partial charge in [-0.3, -0.25) is 14.9 Å². The van der Waals surface area contributed by atoms with E-state index in [-0.39, 0.29) is 16.9 Å². The number of amides is 2. The Morgan fingerprint density at radius 3 is 2.31 bits per heavy atom. The molecule has 2 amide bonds. The van der Waals surface area contributed by atoms with Gasteiger partial charge in [-0.05, 0) is 73.1 Å². The van der Waals surface area contributed by atoms with E-state index < -0.39 is 0 Å². The van der Waals surface area contributed by atoms with Gasteiger partial charge in [0.05, 0.1) is 10.7 Å². The van der Waals surface area contributed by atoms with E-state index >= 15 is 0 Å². The van der Waals surface area contributed by atoms with E-state index in [2.05, 4.69) is 22.5 Å². The molecule has 1 fully saturated rings. The molecule has 0 saturated carbocycles. The molecular weight excluding hydrogens is 492 g/mol. The smallest absolute Gasteiger partial charge is 0.257 e. The van der Waals surface area contributed by atoms with Crippen LogP contribution in [0.1, 0.15) is 38.8 Å². The Hall–Kier alpha value is -3.42. The summed E-state index contributed by atoms with van der Waals surface area (Å²) < 4.78 is 0. The molecule has 1 saturated heterocycles. The lowest BCUT2D eigenvalue weighted by Gasteiger charge is -2.36. The molecule has 0 bridgehead atoms. The molecule has 3 aromatic carbocycles. The molecule has 2 N–H and O–H groups in total. The van der Waals surface area contributed by atoms with Crippen LogP contribution in [0.25, 0.3) is 0 Å². The third-order valence-corrected chi connectivity index (χ3v) is 6.85. The van der Waals surface area contributed by atoms with Crippen molar-refractivity contribution in [2.45, 2.75) is 20.3 Å². The van der Waals surface area contributed by atoms with E-state index in [1.807, 2.05) is 60.4 Å². The number of piperazine rings is 1. The SMILES string of the molecule is CCc1ccc(C(=O)NC(=S)Nc2ccc(N3CCN(C(=O)c4ccccc4C)CC3)c(Cl)c2)cc1. The minimum Gasteiger partial charge on any atom is -0.367 e. The van der Waals surface area contributed by atoms with Crippen LogP contribution in [0.3, 0.4) is 0 Å². The summed E-state index contributed by atoms with van der Waals surface area (Å²) in [4.78, 5) is 29.4. The highest BCUT2D eigenvalue weighted by Gasteiger charge is 2.24. The summed E-state index contributed by atoms with van der Waals surface area (Å²) in [7, 11) is 0. The van der Waals surface area contributed by atoms with Crippen LogP contribution in [-0.2, 0) is 6.42 Å². The Balaban J connectivity index is 1.32. The first-order chi connectivity index (χ1) is 17.4. The highest BCUT2D eigenvalue weighted by molar-refractivity contribution is 7.80. The molecule has 8 heteroatoms. The first kappa shape index (κ1) is 25.7. The van der Waals surface area contributed by atoms with Crippen molar-refractivity contribution >= 4 is 52.1 Å². The van der Waals surface area contributed by atoms with Crippen molar-refractivity contribution in [3.63, 3.8) is 0 Å². The van der Waals surface area contributed by atoms with Crippen LogP contribution in [0.15, 0.2) is 66.7 Å². The lowest BCUT2D eigenvalue weighted by atomic mass is 10.1. The molecule has 0 aliphatic carbocycles. The fraction of sp³-hybridized carbons (Fsp3) is 0.250. The summed E-state index contributed by atoms with van der Waals surface area (Å²) in [6.45, 7) is 6.65. The molecule has 1 heterocycles. The predicted molar refractivity (Wildman–Crippen MR) is 150 cm³/mol. The number of carbonyl (C=O) groups excluding carboxylic acids is 2. The highest BCUT2D eigenvalue weighted by atomic mass is 35.5. The molecule has 0 spiro atoms. The molecule has 0 atom stereocenters. The molecule has 0 unspecified atom stereocenters. The number of nitrogens with one attached hydrogen (secondary N) is 2. The van der Waals surface area contributed by atoms with E-state index in [1.165, 1.54) is 5.56 Å². The van der Waals surface area contributed by atoms with Gasteiger partial charge in [-0.15, -0.1) is 0 Å². The van der Waals surface area contributed by atoms with Crippen LogP contribution in [0, 0.1) is 6.92 Å². The van der Waals surface area contributed by atoms with E-state index in [0.717, 1.165) is 23.2 Å². The van der Waals surface area contributed by atoms with Crippen LogP contribution in [-0.4, -0.2) is 48.0 Å². The number of rotatable bonds is 5. The van der Waals surface area contributed by atoms with Crippen LogP contribution in [0.4, 0.5) is 11.4 Å². The minimum absolute atomic E-state index is 0.0651. The topological polar surface area (TPSA) is 64.7 Å². The number of benzene rings is 3. The second-order valence-corrected chi connectivity index (χ2v) is 9.53. The van der Waals surface area contributed by atoms with Crippen molar-refractivity contribution in [3.05, 3.63) is 94.0 Å². The Kier molecular flexibility index (Phi) is 8.23. The summed E-state index contributed by atoms with van der Waals surface area (Å²) in [6, 6.07) is 20.7. The largest absolute Gasteiger partial charge is 0.367 e. The van der Waals surface area contributed by atoms with Crippen molar-refractivity contribution in [1.82, 2.24) is 10.2 Å². The summed E-state index contributed by atoms with van der Waals surface area (Å²) in [5.41, 5.74) is 5.03. The zero-order valence-corrected chi connectivity index (χ0v) is 22.0. The van der Waals surface area contributed by atoms with Gasteiger partial charge in [-0.1, -0.05) is 48.9 Å². The van der Waals surface area contributed by atoms with Crippen molar-refractivity contribution in [2.24, 2.45) is 0 Å². The average molecular weight is 521 g/mol. The summed E-state index contributed by atoms with van der Waals surface area (Å²) >= 11 is 11.9. The molecule has 186 valence electrons. The average Bonchev–Trinajstić information content (AvgIpc) is 2.89. The van der Waals surface area contributed by atoms with Crippen LogP contribution < -0.4 is 15.5 Å². The number of nitrogens with zero attached hydrogens (tertiary/aromatic N) is 2. The predicted octanol–water partition coefficient (Wildman–Crippen LogP) is 5.30. The summed E-state index contributed by atoms with van der Waals surface area (Å²) in [6.07, 6.45) is 0.916. The van der Waals surface area contributed by atoms with E-state index in [4.69, 9.17) is 23.8 Å². The van der Waals surface area contributed by atoms with Crippen LogP contribution in [0.2, 0.25) is 5.02 Å². The normalized spacial score (nSPS) is 13.3. The fourth-order valence-corrected chi connectivity index (χ4v) is 4.71. The maximum Gasteiger partial charge on any atom is 0.257 e. The van der Waals surface area contributed by atoms with E-state index in [1.54, 1.807) is 18.2 Å². The summed E-state index contributed by atoms with van der Waals surface area (Å²) in [5, 5.41) is 6.50. The van der Waals surface area contributed by atoms with Crippen molar-refractivity contribution in [3.8, 4) is 0 Å². The van der Waals surface area contributed by atoms with Gasteiger partial charge in [0.1, 0.15) is 0 Å². The molecule has 3 aromatic rings. The van der Waals surface area contributed by atoms with Gasteiger partial charge < -0.3 is 15.1 Å². The lowest BCUT2D eigenvalue weighted by Crippen LogP contribution is -2.49. The maximum absolute atomic E-state index is 12.9. The minimum atomic E-state index is -0.268. The standard InChI is InChI=1S/C28H29ClN4O2S/c1-3-20-8-10-21(11-9-20)26(34)31-28(36)30-22-12-13-25(24(29)18-22)32-14-16-33(17-15-32)27(35)23-7-5-4-6-19(23)2/h4-13,18H,3,14-17H2,1-2H3,(H2,30,31,34,36). The van der Waals surface area contributed by atoms with Gasteiger partial charge in [0.25, 0.3) is 11.8 Å². The molecule has 6 nitrogen and oxygen atoms in total. The summed E-state index contributed by atoms with van der Waals surface area (Å²) in [5.74, 6) is -0.203. The number of anilines is 2. The van der Waals surface area contributed by atoms with Crippen molar-refractivity contribution in [2.75, 3.05) is 36.4 Å². The third kappa shape index (κ3) is 6.04. The zero-order valence-electron chi connectivity index (χ0n) is 20.4. The zero-order chi connectivity index (χ0) is 25.7. The molecule has 4 rings (SSSR count). The first-order valence-electron chi connectivity index (χ1n) is 12.0. The number of aryl methyl sites for hydroxylation is 2. The molecule has 1 aliphatic rings. The number of carbonyl (C=O) groups is 2. The molecule has 0 aromatic heterocycles. The molecule has 36 heavy (non-hydrogen) atoms. The lowest BCUT2D eigenvalue weighted by molar-refractivity contribution is 0.0746. The number of halogens is 1. The van der Waals surface area contributed by atoms with Gasteiger partial charge in [0.15, 0.2) is 5.11 Å². The van der Waals surface area contributed by atoms with Gasteiger partial charge in [0.2, 0.25) is 0 Å².